The summed E-state index contributed by atoms with van der Waals surface area (Å²) in [4.78, 5) is 24.7. The van der Waals surface area contributed by atoms with Crippen molar-refractivity contribution in [2.24, 2.45) is 5.10 Å². The minimum Gasteiger partial charge on any atom is -0.377 e. The van der Waals surface area contributed by atoms with Crippen molar-refractivity contribution in [1.29, 1.82) is 0 Å². The average Bonchev–Trinajstić information content (AvgIpc) is 2.83. The quantitative estimate of drug-likeness (QED) is 0.448. The van der Waals surface area contributed by atoms with E-state index in [0.29, 0.717) is 6.42 Å². The van der Waals surface area contributed by atoms with Crippen LogP contribution in [0.3, 0.4) is 0 Å². The van der Waals surface area contributed by atoms with Gasteiger partial charge in [-0.15, -0.1) is 0 Å². The largest absolute Gasteiger partial charge is 0.377 e. The van der Waals surface area contributed by atoms with Crippen LogP contribution in [0.15, 0.2) is 90.0 Å². The van der Waals surface area contributed by atoms with Crippen molar-refractivity contribution in [1.82, 2.24) is 10.7 Å². The van der Waals surface area contributed by atoms with E-state index in [2.05, 4.69) is 33.3 Å². The lowest BCUT2D eigenvalue weighted by molar-refractivity contribution is -0.139. The summed E-state index contributed by atoms with van der Waals surface area (Å²) in [6.45, 7) is 1.83. The van der Waals surface area contributed by atoms with E-state index in [-0.39, 0.29) is 12.1 Å². The summed E-state index contributed by atoms with van der Waals surface area (Å²) < 4.78 is 0. The predicted molar refractivity (Wildman–Crippen MR) is 122 cm³/mol. The summed E-state index contributed by atoms with van der Waals surface area (Å²) in [6.07, 6.45) is 0.587. The average molecular weight is 412 g/mol. The Morgan fingerprint density at radius 3 is 2.29 bits per heavy atom. The molecule has 2 amide bonds. The van der Waals surface area contributed by atoms with E-state index < -0.39 is 11.8 Å². The molecule has 0 fully saturated rings. The highest BCUT2D eigenvalue weighted by molar-refractivity contribution is 6.35. The standard InChI is InChI=1S/C25H24N4O2/c1-17(18-10-4-2-5-11-18)26-24(30)25(31)29-28-23-16-22(19-12-6-3-7-13-19)27-21-15-9-8-14-20(21)23/h2-15,17,22,27H,16H2,1H3,(H,26,30)(H,29,31)/t17?,22-/m0/s1. The van der Waals surface area contributed by atoms with E-state index in [1.807, 2.05) is 79.7 Å². The topological polar surface area (TPSA) is 82.6 Å². The number of para-hydroxylation sites is 1. The van der Waals surface area contributed by atoms with Gasteiger partial charge in [-0.25, -0.2) is 5.43 Å². The van der Waals surface area contributed by atoms with E-state index in [4.69, 9.17) is 0 Å². The van der Waals surface area contributed by atoms with Crippen molar-refractivity contribution < 1.29 is 9.59 Å². The molecule has 3 N–H and O–H groups in total. The second-order valence-electron chi connectivity index (χ2n) is 7.46. The molecule has 0 saturated carbocycles. The Labute approximate surface area is 181 Å². The Kier molecular flexibility index (Phi) is 6.08. The Morgan fingerprint density at radius 1 is 0.903 bits per heavy atom. The Morgan fingerprint density at radius 2 is 1.55 bits per heavy atom. The van der Waals surface area contributed by atoms with Crippen LogP contribution < -0.4 is 16.1 Å². The van der Waals surface area contributed by atoms with Gasteiger partial charge >= 0.3 is 11.8 Å². The molecule has 0 radical (unpaired) electrons. The van der Waals surface area contributed by atoms with Gasteiger partial charge < -0.3 is 10.6 Å². The first-order valence-corrected chi connectivity index (χ1v) is 10.2. The number of carbonyl (C=O) groups excluding carboxylic acids is 2. The molecule has 6 nitrogen and oxygen atoms in total. The number of carbonyl (C=O) groups is 2. The van der Waals surface area contributed by atoms with Crippen LogP contribution in [-0.4, -0.2) is 17.5 Å². The molecule has 3 aromatic carbocycles. The smallest absolute Gasteiger partial charge is 0.329 e. The summed E-state index contributed by atoms with van der Waals surface area (Å²) in [7, 11) is 0. The van der Waals surface area contributed by atoms with Crippen LogP contribution in [0, 0.1) is 0 Å². The summed E-state index contributed by atoms with van der Waals surface area (Å²) in [6, 6.07) is 27.1. The molecular weight excluding hydrogens is 388 g/mol. The molecule has 4 rings (SSSR count). The molecule has 156 valence electrons. The highest BCUT2D eigenvalue weighted by atomic mass is 16.2. The minimum atomic E-state index is -0.789. The Balaban J connectivity index is 1.48. The van der Waals surface area contributed by atoms with Gasteiger partial charge in [0.15, 0.2) is 0 Å². The fraction of sp³-hybridized carbons (Fsp3) is 0.160. The van der Waals surface area contributed by atoms with Gasteiger partial charge in [0.1, 0.15) is 0 Å². The molecule has 3 aromatic rings. The monoisotopic (exact) mass is 412 g/mol. The van der Waals surface area contributed by atoms with Crippen molar-refractivity contribution in [3.8, 4) is 0 Å². The molecule has 6 heteroatoms. The number of benzene rings is 3. The molecule has 1 aliphatic heterocycles. The number of rotatable bonds is 4. The van der Waals surface area contributed by atoms with Gasteiger partial charge in [-0.2, -0.15) is 5.10 Å². The summed E-state index contributed by atoms with van der Waals surface area (Å²) >= 11 is 0. The van der Waals surface area contributed by atoms with Crippen LogP contribution in [0.1, 0.15) is 42.1 Å². The third-order valence-corrected chi connectivity index (χ3v) is 5.31. The molecule has 1 heterocycles. The third-order valence-electron chi connectivity index (χ3n) is 5.31. The molecule has 0 aromatic heterocycles. The van der Waals surface area contributed by atoms with Gasteiger partial charge in [-0.05, 0) is 24.1 Å². The molecular formula is C25H24N4O2. The fourth-order valence-corrected chi connectivity index (χ4v) is 3.65. The van der Waals surface area contributed by atoms with E-state index in [0.717, 1.165) is 28.1 Å². The van der Waals surface area contributed by atoms with Crippen molar-refractivity contribution in [2.45, 2.75) is 25.4 Å². The number of hydrogen-bond acceptors (Lipinski definition) is 4. The summed E-state index contributed by atoms with van der Waals surface area (Å²) in [5, 5.41) is 10.5. The van der Waals surface area contributed by atoms with Crippen LogP contribution in [0.5, 0.6) is 0 Å². The van der Waals surface area contributed by atoms with Gasteiger partial charge in [0, 0.05) is 17.7 Å². The molecule has 0 aliphatic carbocycles. The summed E-state index contributed by atoms with van der Waals surface area (Å²) in [5.74, 6) is -1.51. The van der Waals surface area contributed by atoms with Gasteiger partial charge in [-0.1, -0.05) is 78.9 Å². The lowest BCUT2D eigenvalue weighted by atomic mass is 9.92. The molecule has 31 heavy (non-hydrogen) atoms. The zero-order chi connectivity index (χ0) is 21.6. The van der Waals surface area contributed by atoms with E-state index >= 15 is 0 Å². The normalized spacial score (nSPS) is 17.2. The van der Waals surface area contributed by atoms with Crippen molar-refractivity contribution >= 4 is 23.2 Å². The van der Waals surface area contributed by atoms with Crippen molar-refractivity contribution in [3.05, 3.63) is 102 Å². The molecule has 0 saturated heterocycles. The maximum atomic E-state index is 12.4. The molecule has 1 aliphatic rings. The van der Waals surface area contributed by atoms with Crippen LogP contribution in [0.2, 0.25) is 0 Å². The first-order chi connectivity index (χ1) is 15.1. The van der Waals surface area contributed by atoms with Crippen LogP contribution >= 0.6 is 0 Å². The number of amides is 2. The highest BCUT2D eigenvalue weighted by Crippen LogP contribution is 2.32. The highest BCUT2D eigenvalue weighted by Gasteiger charge is 2.25. The first-order valence-electron chi connectivity index (χ1n) is 10.2. The number of fused-ring (bicyclic) bond motifs is 1. The number of nitrogens with zero attached hydrogens (tertiary/aromatic N) is 1. The predicted octanol–water partition coefficient (Wildman–Crippen LogP) is 3.94. The molecule has 1 unspecified atom stereocenters. The number of hydrazone groups is 1. The minimum absolute atomic E-state index is 0.0266. The van der Waals surface area contributed by atoms with E-state index in [9.17, 15) is 9.59 Å². The zero-order valence-electron chi connectivity index (χ0n) is 17.2. The maximum Gasteiger partial charge on any atom is 0.329 e. The van der Waals surface area contributed by atoms with Crippen LogP contribution in [0.25, 0.3) is 0 Å². The molecule has 2 atom stereocenters. The third kappa shape index (κ3) is 4.80. The second kappa shape index (κ2) is 9.26. The lowest BCUT2D eigenvalue weighted by Crippen LogP contribution is -2.39. The Hall–Kier alpha value is -3.93. The van der Waals surface area contributed by atoms with E-state index in [1.165, 1.54) is 0 Å². The van der Waals surface area contributed by atoms with Gasteiger partial charge in [-0.3, -0.25) is 9.59 Å². The van der Waals surface area contributed by atoms with Crippen LogP contribution in [-0.2, 0) is 9.59 Å². The first kappa shape index (κ1) is 20.3. The zero-order valence-corrected chi connectivity index (χ0v) is 17.2. The number of nitrogens with one attached hydrogen (secondary N) is 3. The molecule has 0 spiro atoms. The van der Waals surface area contributed by atoms with Crippen LogP contribution in [0.4, 0.5) is 5.69 Å². The van der Waals surface area contributed by atoms with Crippen molar-refractivity contribution in [2.75, 3.05) is 5.32 Å². The van der Waals surface area contributed by atoms with Gasteiger partial charge in [0.25, 0.3) is 0 Å². The van der Waals surface area contributed by atoms with Crippen molar-refractivity contribution in [3.63, 3.8) is 0 Å². The molecule has 0 bridgehead atoms. The van der Waals surface area contributed by atoms with Gasteiger partial charge in [0.05, 0.1) is 17.8 Å². The number of hydrogen-bond donors (Lipinski definition) is 3. The second-order valence-corrected chi connectivity index (χ2v) is 7.46. The lowest BCUT2D eigenvalue weighted by Gasteiger charge is -2.28. The van der Waals surface area contributed by atoms with E-state index in [1.54, 1.807) is 0 Å². The summed E-state index contributed by atoms with van der Waals surface area (Å²) in [5.41, 5.74) is 7.06. The number of anilines is 1. The van der Waals surface area contributed by atoms with Gasteiger partial charge in [0.2, 0.25) is 0 Å². The SMILES string of the molecule is CC(NC(=O)C(=O)NN=C1C[C@@H](c2ccccc2)Nc2ccccc21)c1ccccc1. The maximum absolute atomic E-state index is 12.4. The Bertz CT molecular complexity index is 1100. The fourth-order valence-electron chi connectivity index (χ4n) is 3.65.